The fourth-order valence-electron chi connectivity index (χ4n) is 2.12. The molecule has 0 aliphatic carbocycles. The third-order valence-electron chi connectivity index (χ3n) is 3.36. The molecule has 2 aromatic rings. The Morgan fingerprint density at radius 2 is 1.87 bits per heavy atom. The summed E-state index contributed by atoms with van der Waals surface area (Å²) >= 11 is 0. The van der Waals surface area contributed by atoms with Crippen LogP contribution in [0.5, 0.6) is 17.2 Å². The monoisotopic (exact) mass is 317 g/mol. The number of phenols is 1. The van der Waals surface area contributed by atoms with Gasteiger partial charge in [0.15, 0.2) is 11.5 Å². The largest absolute Gasteiger partial charge is 0.508 e. The highest BCUT2D eigenvalue weighted by atomic mass is 16.5. The molecule has 122 valence electrons. The predicted octanol–water partition coefficient (Wildman–Crippen LogP) is 1.87. The summed E-state index contributed by atoms with van der Waals surface area (Å²) in [5.41, 5.74) is 0.920. The second kappa shape index (κ2) is 7.51. The van der Waals surface area contributed by atoms with Gasteiger partial charge in [-0.1, -0.05) is 12.1 Å². The van der Waals surface area contributed by atoms with E-state index in [1.807, 2.05) is 0 Å². The van der Waals surface area contributed by atoms with Gasteiger partial charge in [-0.2, -0.15) is 0 Å². The lowest BCUT2D eigenvalue weighted by molar-refractivity contribution is 0.0916. The molecule has 0 spiro atoms. The van der Waals surface area contributed by atoms with Crippen molar-refractivity contribution in [3.8, 4) is 17.2 Å². The molecule has 23 heavy (non-hydrogen) atoms. The van der Waals surface area contributed by atoms with Gasteiger partial charge in [0.2, 0.25) is 0 Å². The average Bonchev–Trinajstić information content (AvgIpc) is 2.58. The lowest BCUT2D eigenvalue weighted by Crippen LogP contribution is -2.28. The Hall–Kier alpha value is -2.73. The molecule has 0 bridgehead atoms. The summed E-state index contributed by atoms with van der Waals surface area (Å²) < 4.78 is 10.3. The van der Waals surface area contributed by atoms with Crippen LogP contribution in [0.25, 0.3) is 0 Å². The number of hydrogen-bond donors (Lipinski definition) is 3. The number of benzene rings is 2. The maximum atomic E-state index is 12.0. The fourth-order valence-corrected chi connectivity index (χ4v) is 2.12. The molecule has 0 aromatic heterocycles. The van der Waals surface area contributed by atoms with E-state index in [4.69, 9.17) is 9.47 Å². The summed E-state index contributed by atoms with van der Waals surface area (Å²) in [7, 11) is 3.04. The first-order chi connectivity index (χ1) is 11.0. The van der Waals surface area contributed by atoms with E-state index in [1.54, 1.807) is 30.3 Å². The second-order valence-electron chi connectivity index (χ2n) is 4.89. The topological polar surface area (TPSA) is 88.0 Å². The van der Waals surface area contributed by atoms with Crippen LogP contribution in [0.1, 0.15) is 22.0 Å². The van der Waals surface area contributed by atoms with Crippen molar-refractivity contribution in [3.05, 3.63) is 53.6 Å². The van der Waals surface area contributed by atoms with Crippen LogP contribution in [0.2, 0.25) is 0 Å². The van der Waals surface area contributed by atoms with Gasteiger partial charge in [-0.05, 0) is 35.9 Å². The highest BCUT2D eigenvalue weighted by molar-refractivity contribution is 5.94. The number of carbonyl (C=O) groups is 1. The Balaban J connectivity index is 2.02. The van der Waals surface area contributed by atoms with Crippen LogP contribution < -0.4 is 14.8 Å². The highest BCUT2D eigenvalue weighted by Crippen LogP contribution is 2.29. The summed E-state index contributed by atoms with van der Waals surface area (Å²) in [6, 6.07) is 11.0. The number of hydrogen-bond acceptors (Lipinski definition) is 5. The van der Waals surface area contributed by atoms with Gasteiger partial charge in [0.05, 0.1) is 20.3 Å². The van der Waals surface area contributed by atoms with Gasteiger partial charge in [0.25, 0.3) is 5.91 Å². The van der Waals surface area contributed by atoms with Gasteiger partial charge in [-0.15, -0.1) is 0 Å². The third-order valence-corrected chi connectivity index (χ3v) is 3.36. The van der Waals surface area contributed by atoms with E-state index >= 15 is 0 Å². The number of carbonyl (C=O) groups excluding carboxylic acids is 1. The van der Waals surface area contributed by atoms with Gasteiger partial charge in [-0.25, -0.2) is 0 Å². The predicted molar refractivity (Wildman–Crippen MR) is 84.9 cm³/mol. The van der Waals surface area contributed by atoms with Crippen molar-refractivity contribution in [1.82, 2.24) is 5.32 Å². The average molecular weight is 317 g/mol. The molecule has 0 fully saturated rings. The number of aromatic hydroxyl groups is 1. The van der Waals surface area contributed by atoms with Crippen molar-refractivity contribution in [2.75, 3.05) is 20.8 Å². The van der Waals surface area contributed by atoms with Crippen LogP contribution in [0, 0.1) is 0 Å². The maximum Gasteiger partial charge on any atom is 0.251 e. The molecule has 0 radical (unpaired) electrons. The molecule has 1 amide bonds. The first-order valence-electron chi connectivity index (χ1n) is 7.02. The molecule has 6 heteroatoms. The highest BCUT2D eigenvalue weighted by Gasteiger charge is 2.14. The smallest absolute Gasteiger partial charge is 0.251 e. The molecule has 0 aliphatic heterocycles. The molecule has 0 aliphatic rings. The number of amides is 1. The van der Waals surface area contributed by atoms with Gasteiger partial charge in [0.1, 0.15) is 5.75 Å². The zero-order valence-corrected chi connectivity index (χ0v) is 12.9. The van der Waals surface area contributed by atoms with Crippen molar-refractivity contribution in [3.63, 3.8) is 0 Å². The maximum absolute atomic E-state index is 12.0. The van der Waals surface area contributed by atoms with Crippen LogP contribution in [-0.2, 0) is 0 Å². The SMILES string of the molecule is COc1ccc(C(O)CNC(=O)c2cccc(O)c2)cc1OC. The molecule has 2 aromatic carbocycles. The number of nitrogens with one attached hydrogen (secondary N) is 1. The standard InChI is InChI=1S/C17H19NO5/c1-22-15-7-6-11(9-16(15)23-2)14(20)10-18-17(21)12-4-3-5-13(19)8-12/h3-9,14,19-20H,10H2,1-2H3,(H,18,21). The molecule has 0 heterocycles. The van der Waals surface area contributed by atoms with E-state index in [9.17, 15) is 15.0 Å². The zero-order valence-electron chi connectivity index (χ0n) is 12.9. The number of methoxy groups -OCH3 is 2. The molecule has 1 atom stereocenters. The van der Waals surface area contributed by atoms with Crippen molar-refractivity contribution < 1.29 is 24.5 Å². The quantitative estimate of drug-likeness (QED) is 0.757. The molecular weight excluding hydrogens is 298 g/mol. The van der Waals surface area contributed by atoms with E-state index in [-0.39, 0.29) is 18.2 Å². The van der Waals surface area contributed by atoms with E-state index < -0.39 is 6.10 Å². The van der Waals surface area contributed by atoms with Crippen LogP contribution in [0.15, 0.2) is 42.5 Å². The first-order valence-corrected chi connectivity index (χ1v) is 7.02. The number of aliphatic hydroxyl groups excluding tert-OH is 1. The number of aliphatic hydroxyl groups is 1. The van der Waals surface area contributed by atoms with Crippen LogP contribution in [0.4, 0.5) is 0 Å². The first kappa shape index (κ1) is 16.6. The zero-order chi connectivity index (χ0) is 16.8. The number of phenolic OH excluding ortho intramolecular Hbond substituents is 1. The summed E-state index contributed by atoms with van der Waals surface area (Å²) in [5.74, 6) is 0.703. The van der Waals surface area contributed by atoms with E-state index in [1.165, 1.54) is 26.4 Å². The van der Waals surface area contributed by atoms with Gasteiger partial charge < -0.3 is 25.0 Å². The Kier molecular flexibility index (Phi) is 5.43. The van der Waals surface area contributed by atoms with Crippen molar-refractivity contribution in [1.29, 1.82) is 0 Å². The Bertz CT molecular complexity index is 686. The summed E-state index contributed by atoms with van der Waals surface area (Å²) in [6.45, 7) is 0.0317. The second-order valence-corrected chi connectivity index (χ2v) is 4.89. The normalized spacial score (nSPS) is 11.6. The van der Waals surface area contributed by atoms with Gasteiger partial charge >= 0.3 is 0 Å². The van der Waals surface area contributed by atoms with E-state index in [2.05, 4.69) is 5.32 Å². The van der Waals surface area contributed by atoms with E-state index in [0.717, 1.165) is 0 Å². The van der Waals surface area contributed by atoms with Crippen LogP contribution in [0.3, 0.4) is 0 Å². The Labute approximate surface area is 134 Å². The summed E-state index contributed by atoms with van der Waals surface area (Å²) in [6.07, 6.45) is -0.893. The Morgan fingerprint density at radius 3 is 2.52 bits per heavy atom. The molecule has 3 N–H and O–H groups in total. The minimum absolute atomic E-state index is 0.0121. The number of ether oxygens (including phenoxy) is 2. The molecule has 2 rings (SSSR count). The molecule has 0 saturated carbocycles. The van der Waals surface area contributed by atoms with Crippen LogP contribution >= 0.6 is 0 Å². The van der Waals surface area contributed by atoms with Crippen LogP contribution in [-0.4, -0.2) is 36.9 Å². The fraction of sp³-hybridized carbons (Fsp3) is 0.235. The lowest BCUT2D eigenvalue weighted by atomic mass is 10.1. The molecule has 1 unspecified atom stereocenters. The minimum Gasteiger partial charge on any atom is -0.508 e. The van der Waals surface area contributed by atoms with Crippen molar-refractivity contribution >= 4 is 5.91 Å². The molecular formula is C17H19NO5. The minimum atomic E-state index is -0.893. The van der Waals surface area contributed by atoms with Crippen molar-refractivity contribution in [2.45, 2.75) is 6.10 Å². The van der Waals surface area contributed by atoms with Crippen molar-refractivity contribution in [2.24, 2.45) is 0 Å². The lowest BCUT2D eigenvalue weighted by Gasteiger charge is -2.15. The summed E-state index contributed by atoms with van der Waals surface area (Å²) in [4.78, 5) is 12.0. The summed E-state index contributed by atoms with van der Waals surface area (Å²) in [5, 5.41) is 22.2. The van der Waals surface area contributed by atoms with Gasteiger partial charge in [0, 0.05) is 12.1 Å². The van der Waals surface area contributed by atoms with E-state index in [0.29, 0.717) is 22.6 Å². The molecule has 6 nitrogen and oxygen atoms in total. The molecule has 0 saturated heterocycles. The third kappa shape index (κ3) is 4.14. The number of rotatable bonds is 6. The Morgan fingerprint density at radius 1 is 1.13 bits per heavy atom. The van der Waals surface area contributed by atoms with Gasteiger partial charge in [-0.3, -0.25) is 4.79 Å².